The van der Waals surface area contributed by atoms with Crippen LogP contribution in [0.15, 0.2) is 42.6 Å². The van der Waals surface area contributed by atoms with Crippen molar-refractivity contribution in [2.45, 2.75) is 38.2 Å². The largest absolute Gasteiger partial charge is 0.378 e. The Kier molecular flexibility index (Phi) is 6.12. The van der Waals surface area contributed by atoms with Gasteiger partial charge in [0, 0.05) is 30.5 Å². The number of rotatable bonds is 7. The van der Waals surface area contributed by atoms with Gasteiger partial charge < -0.3 is 10.1 Å². The van der Waals surface area contributed by atoms with Crippen molar-refractivity contribution in [3.05, 3.63) is 54.0 Å². The lowest BCUT2D eigenvalue weighted by Gasteiger charge is -2.10. The van der Waals surface area contributed by atoms with Crippen molar-refractivity contribution in [3.8, 4) is 11.3 Å². The van der Waals surface area contributed by atoms with Gasteiger partial charge in [-0.05, 0) is 56.4 Å². The van der Waals surface area contributed by atoms with E-state index in [1.54, 1.807) is 36.5 Å². The zero-order valence-electron chi connectivity index (χ0n) is 14.2. The maximum Gasteiger partial charge on any atom is 0.251 e. The summed E-state index contributed by atoms with van der Waals surface area (Å²) in [7, 11) is 0. The number of benzene rings is 1. The third-order valence-corrected chi connectivity index (χ3v) is 4.42. The molecule has 0 bridgehead atoms. The molecule has 1 aromatic carbocycles. The molecule has 0 spiro atoms. The van der Waals surface area contributed by atoms with Crippen LogP contribution < -0.4 is 5.32 Å². The summed E-state index contributed by atoms with van der Waals surface area (Å²) in [6.07, 6.45) is 7.30. The van der Waals surface area contributed by atoms with Gasteiger partial charge in [-0.1, -0.05) is 12.1 Å². The van der Waals surface area contributed by atoms with Gasteiger partial charge in [-0.25, -0.2) is 4.39 Å². The van der Waals surface area contributed by atoms with Crippen LogP contribution in [0.3, 0.4) is 0 Å². The van der Waals surface area contributed by atoms with Crippen molar-refractivity contribution in [3.63, 3.8) is 0 Å². The second-order valence-corrected chi connectivity index (χ2v) is 6.30. The Morgan fingerprint density at radius 3 is 3.00 bits per heavy atom. The minimum atomic E-state index is -0.394. The SMILES string of the molecule is O=C(NCCCC[C@@H]1CCCO1)c1cccc(-c2ncccc2F)c1. The Morgan fingerprint density at radius 1 is 1.28 bits per heavy atom. The molecule has 1 saturated heterocycles. The quantitative estimate of drug-likeness (QED) is 0.775. The number of hydrogen-bond donors (Lipinski definition) is 1. The summed E-state index contributed by atoms with van der Waals surface area (Å²) in [5.74, 6) is -0.538. The maximum absolute atomic E-state index is 13.9. The average molecular weight is 342 g/mol. The molecule has 3 rings (SSSR count). The van der Waals surface area contributed by atoms with E-state index in [1.165, 1.54) is 6.07 Å². The van der Waals surface area contributed by atoms with E-state index in [4.69, 9.17) is 4.74 Å². The van der Waals surface area contributed by atoms with Gasteiger partial charge in [0.25, 0.3) is 5.91 Å². The Hall–Kier alpha value is -2.27. The first-order valence-corrected chi connectivity index (χ1v) is 8.85. The highest BCUT2D eigenvalue weighted by Gasteiger charge is 2.14. The smallest absolute Gasteiger partial charge is 0.251 e. The van der Waals surface area contributed by atoms with Crippen LogP contribution in [0, 0.1) is 5.82 Å². The molecular weight excluding hydrogens is 319 g/mol. The van der Waals surface area contributed by atoms with E-state index < -0.39 is 5.82 Å². The van der Waals surface area contributed by atoms with Crippen LogP contribution in [0.5, 0.6) is 0 Å². The van der Waals surface area contributed by atoms with Gasteiger partial charge in [0.15, 0.2) is 0 Å². The molecule has 2 heterocycles. The van der Waals surface area contributed by atoms with Crippen LogP contribution in [-0.4, -0.2) is 30.1 Å². The number of nitrogens with one attached hydrogen (secondary N) is 1. The average Bonchev–Trinajstić information content (AvgIpc) is 3.15. The summed E-state index contributed by atoms with van der Waals surface area (Å²) in [4.78, 5) is 16.3. The van der Waals surface area contributed by atoms with Crippen molar-refractivity contribution in [1.82, 2.24) is 10.3 Å². The first-order chi connectivity index (χ1) is 12.2. The zero-order chi connectivity index (χ0) is 17.5. The van der Waals surface area contributed by atoms with Crippen LogP contribution in [0.1, 0.15) is 42.5 Å². The number of aromatic nitrogens is 1. The van der Waals surface area contributed by atoms with Gasteiger partial charge >= 0.3 is 0 Å². The maximum atomic E-state index is 13.9. The highest BCUT2D eigenvalue weighted by Crippen LogP contribution is 2.21. The van der Waals surface area contributed by atoms with E-state index in [0.29, 0.717) is 23.8 Å². The predicted octanol–water partition coefficient (Wildman–Crippen LogP) is 3.97. The van der Waals surface area contributed by atoms with E-state index in [0.717, 1.165) is 38.7 Å². The van der Waals surface area contributed by atoms with Crippen molar-refractivity contribution in [2.75, 3.05) is 13.2 Å². The fourth-order valence-electron chi connectivity index (χ4n) is 3.08. The van der Waals surface area contributed by atoms with E-state index in [1.807, 2.05) is 0 Å². The highest BCUT2D eigenvalue weighted by atomic mass is 19.1. The number of amides is 1. The first-order valence-electron chi connectivity index (χ1n) is 8.85. The van der Waals surface area contributed by atoms with Gasteiger partial charge in [0.1, 0.15) is 11.5 Å². The Bertz CT molecular complexity index is 714. The molecule has 0 radical (unpaired) electrons. The summed E-state index contributed by atoms with van der Waals surface area (Å²) < 4.78 is 19.4. The predicted molar refractivity (Wildman–Crippen MR) is 94.8 cm³/mol. The number of hydrogen-bond acceptors (Lipinski definition) is 3. The third kappa shape index (κ3) is 4.86. The molecule has 1 amide bonds. The standard InChI is InChI=1S/C20H23FN2O2/c21-18-10-4-12-22-19(18)15-6-3-7-16(14-15)20(24)23-11-2-1-8-17-9-5-13-25-17/h3-4,6-7,10,12,14,17H,1-2,5,8-9,11,13H2,(H,23,24)/t17-/m1/s1. The summed E-state index contributed by atoms with van der Waals surface area (Å²) in [6, 6.07) is 9.81. The number of carbonyl (C=O) groups excluding carboxylic acids is 1. The summed E-state index contributed by atoms with van der Waals surface area (Å²) >= 11 is 0. The van der Waals surface area contributed by atoms with Crippen LogP contribution in [0.4, 0.5) is 4.39 Å². The molecule has 0 saturated carbocycles. The number of nitrogens with zero attached hydrogens (tertiary/aromatic N) is 1. The molecule has 1 aliphatic rings. The molecule has 2 aromatic rings. The van der Waals surface area contributed by atoms with E-state index in [2.05, 4.69) is 10.3 Å². The normalized spacial score (nSPS) is 16.8. The minimum Gasteiger partial charge on any atom is -0.378 e. The highest BCUT2D eigenvalue weighted by molar-refractivity contribution is 5.95. The molecular formula is C20H23FN2O2. The monoisotopic (exact) mass is 342 g/mol. The Labute approximate surface area is 147 Å². The molecule has 25 heavy (non-hydrogen) atoms. The van der Waals surface area contributed by atoms with Gasteiger partial charge in [-0.15, -0.1) is 0 Å². The van der Waals surface area contributed by atoms with Crippen LogP contribution in [0.25, 0.3) is 11.3 Å². The van der Waals surface area contributed by atoms with Crippen LogP contribution >= 0.6 is 0 Å². The van der Waals surface area contributed by atoms with E-state index >= 15 is 0 Å². The van der Waals surface area contributed by atoms with Crippen molar-refractivity contribution in [2.24, 2.45) is 0 Å². The molecule has 1 fully saturated rings. The molecule has 1 N–H and O–H groups in total. The van der Waals surface area contributed by atoms with E-state index in [-0.39, 0.29) is 11.6 Å². The molecule has 4 nitrogen and oxygen atoms in total. The molecule has 1 aromatic heterocycles. The Morgan fingerprint density at radius 2 is 2.20 bits per heavy atom. The van der Waals surface area contributed by atoms with E-state index in [9.17, 15) is 9.18 Å². The second-order valence-electron chi connectivity index (χ2n) is 6.30. The van der Waals surface area contributed by atoms with Crippen molar-refractivity contribution < 1.29 is 13.9 Å². The number of ether oxygens (including phenoxy) is 1. The summed E-state index contributed by atoms with van der Waals surface area (Å²) in [5.41, 5.74) is 1.37. The number of carbonyl (C=O) groups is 1. The number of unbranched alkanes of at least 4 members (excludes halogenated alkanes) is 1. The Balaban J connectivity index is 1.50. The fraction of sp³-hybridized carbons (Fsp3) is 0.400. The van der Waals surface area contributed by atoms with Crippen molar-refractivity contribution >= 4 is 5.91 Å². The number of pyridine rings is 1. The topological polar surface area (TPSA) is 51.2 Å². The molecule has 132 valence electrons. The molecule has 1 atom stereocenters. The fourth-order valence-corrected chi connectivity index (χ4v) is 3.08. The summed E-state index contributed by atoms with van der Waals surface area (Å²) in [5, 5.41) is 2.92. The van der Waals surface area contributed by atoms with Gasteiger partial charge in [-0.2, -0.15) is 0 Å². The third-order valence-electron chi connectivity index (χ3n) is 4.42. The molecule has 0 unspecified atom stereocenters. The molecule has 0 aliphatic carbocycles. The molecule has 1 aliphatic heterocycles. The van der Waals surface area contributed by atoms with Crippen molar-refractivity contribution in [1.29, 1.82) is 0 Å². The lowest BCUT2D eigenvalue weighted by molar-refractivity contribution is 0.0947. The lowest BCUT2D eigenvalue weighted by Crippen LogP contribution is -2.24. The molecule has 5 heteroatoms. The van der Waals surface area contributed by atoms with Gasteiger partial charge in [0.2, 0.25) is 0 Å². The van der Waals surface area contributed by atoms with Gasteiger partial charge in [-0.3, -0.25) is 9.78 Å². The van der Waals surface area contributed by atoms with Crippen LogP contribution in [0.2, 0.25) is 0 Å². The first kappa shape index (κ1) is 17.5. The van der Waals surface area contributed by atoms with Gasteiger partial charge in [0.05, 0.1) is 6.10 Å². The second kappa shape index (κ2) is 8.72. The van der Waals surface area contributed by atoms with Crippen LogP contribution in [-0.2, 0) is 4.74 Å². The summed E-state index contributed by atoms with van der Waals surface area (Å²) in [6.45, 7) is 1.52. The number of halogens is 1. The zero-order valence-corrected chi connectivity index (χ0v) is 14.2. The lowest BCUT2D eigenvalue weighted by atomic mass is 10.1. The minimum absolute atomic E-state index is 0.143.